The second kappa shape index (κ2) is 5.66. The maximum atomic E-state index is 11.4. The lowest BCUT2D eigenvalue weighted by Gasteiger charge is -2.02. The number of hydrogen-bond donors (Lipinski definition) is 2. The highest BCUT2D eigenvalue weighted by atomic mass is 16.1. The van der Waals surface area contributed by atoms with E-state index >= 15 is 0 Å². The lowest BCUT2D eigenvalue weighted by atomic mass is 10.2. The SMILES string of the molecule is C#CCCCNC(=O)c1ccc(=O)[nH]c1. The fourth-order valence-electron chi connectivity index (χ4n) is 1.05. The molecular weight excluding hydrogens is 192 g/mol. The largest absolute Gasteiger partial charge is 0.352 e. The van der Waals surface area contributed by atoms with Crippen molar-refractivity contribution in [1.82, 2.24) is 10.3 Å². The lowest BCUT2D eigenvalue weighted by Crippen LogP contribution is -2.25. The number of hydrogen-bond acceptors (Lipinski definition) is 2. The summed E-state index contributed by atoms with van der Waals surface area (Å²) >= 11 is 0. The minimum absolute atomic E-state index is 0.205. The van der Waals surface area contributed by atoms with E-state index in [0.717, 1.165) is 6.42 Å². The summed E-state index contributed by atoms with van der Waals surface area (Å²) in [7, 11) is 0. The van der Waals surface area contributed by atoms with E-state index in [4.69, 9.17) is 6.42 Å². The Hall–Kier alpha value is -2.02. The molecule has 4 nitrogen and oxygen atoms in total. The van der Waals surface area contributed by atoms with Gasteiger partial charge in [-0.15, -0.1) is 12.3 Å². The molecule has 0 spiro atoms. The van der Waals surface area contributed by atoms with E-state index in [0.29, 0.717) is 18.5 Å². The smallest absolute Gasteiger partial charge is 0.252 e. The number of rotatable bonds is 4. The highest BCUT2D eigenvalue weighted by Crippen LogP contribution is 1.93. The zero-order valence-electron chi connectivity index (χ0n) is 8.25. The average molecular weight is 204 g/mol. The minimum Gasteiger partial charge on any atom is -0.352 e. The quantitative estimate of drug-likeness (QED) is 0.554. The summed E-state index contributed by atoms with van der Waals surface area (Å²) in [5.74, 6) is 2.28. The molecule has 1 amide bonds. The summed E-state index contributed by atoms with van der Waals surface area (Å²) in [4.78, 5) is 24.6. The predicted molar refractivity (Wildman–Crippen MR) is 57.5 cm³/mol. The Bertz CT molecular complexity index is 408. The summed E-state index contributed by atoms with van der Waals surface area (Å²) in [5, 5.41) is 2.70. The van der Waals surface area contributed by atoms with Gasteiger partial charge >= 0.3 is 0 Å². The molecule has 0 aromatic carbocycles. The van der Waals surface area contributed by atoms with Crippen molar-refractivity contribution in [2.75, 3.05) is 6.54 Å². The second-order valence-corrected chi connectivity index (χ2v) is 3.01. The molecule has 15 heavy (non-hydrogen) atoms. The van der Waals surface area contributed by atoms with Crippen molar-refractivity contribution >= 4 is 5.91 Å². The zero-order chi connectivity index (χ0) is 11.1. The normalized spacial score (nSPS) is 9.27. The van der Waals surface area contributed by atoms with Crippen molar-refractivity contribution in [1.29, 1.82) is 0 Å². The van der Waals surface area contributed by atoms with Crippen molar-refractivity contribution in [3.63, 3.8) is 0 Å². The first-order chi connectivity index (χ1) is 7.24. The number of nitrogens with one attached hydrogen (secondary N) is 2. The molecule has 2 N–H and O–H groups in total. The number of carbonyl (C=O) groups is 1. The van der Waals surface area contributed by atoms with Crippen LogP contribution in [0.15, 0.2) is 23.1 Å². The van der Waals surface area contributed by atoms with E-state index in [2.05, 4.69) is 16.2 Å². The summed E-state index contributed by atoms with van der Waals surface area (Å²) < 4.78 is 0. The third kappa shape index (κ3) is 3.69. The van der Waals surface area contributed by atoms with E-state index in [1.165, 1.54) is 18.3 Å². The first-order valence-corrected chi connectivity index (χ1v) is 4.64. The van der Waals surface area contributed by atoms with Gasteiger partial charge in [-0.1, -0.05) is 0 Å². The summed E-state index contributed by atoms with van der Waals surface area (Å²) in [6.07, 6.45) is 7.86. The first-order valence-electron chi connectivity index (χ1n) is 4.64. The van der Waals surface area contributed by atoms with Gasteiger partial charge in [0.25, 0.3) is 5.91 Å². The molecule has 1 aromatic heterocycles. The van der Waals surface area contributed by atoms with Gasteiger partial charge in [0.15, 0.2) is 0 Å². The van der Waals surface area contributed by atoms with E-state index in [1.54, 1.807) is 0 Å². The molecule has 4 heteroatoms. The Morgan fingerprint density at radius 2 is 2.33 bits per heavy atom. The summed E-state index contributed by atoms with van der Waals surface area (Å²) in [6, 6.07) is 2.80. The molecule has 0 aliphatic carbocycles. The topological polar surface area (TPSA) is 62.0 Å². The predicted octanol–water partition coefficient (Wildman–Crippen LogP) is 0.518. The van der Waals surface area contributed by atoms with Crippen LogP contribution in [0, 0.1) is 12.3 Å². The molecule has 1 aromatic rings. The molecular formula is C11H12N2O2. The molecule has 1 heterocycles. The number of amides is 1. The third-order valence-electron chi connectivity index (χ3n) is 1.83. The highest BCUT2D eigenvalue weighted by Gasteiger charge is 2.03. The average Bonchev–Trinajstić information content (AvgIpc) is 2.25. The van der Waals surface area contributed by atoms with Crippen LogP contribution in [0.1, 0.15) is 23.2 Å². The number of H-pyrrole nitrogens is 1. The fraction of sp³-hybridized carbons (Fsp3) is 0.273. The summed E-state index contributed by atoms with van der Waals surface area (Å²) in [5.41, 5.74) is 0.217. The Morgan fingerprint density at radius 3 is 2.93 bits per heavy atom. The number of aromatic nitrogens is 1. The van der Waals surface area contributed by atoms with Crippen LogP contribution < -0.4 is 10.9 Å². The Kier molecular flexibility index (Phi) is 4.17. The summed E-state index contributed by atoms with van der Waals surface area (Å²) in [6.45, 7) is 0.544. The number of unbranched alkanes of at least 4 members (excludes halogenated alkanes) is 1. The van der Waals surface area contributed by atoms with E-state index in [1.807, 2.05) is 0 Å². The highest BCUT2D eigenvalue weighted by molar-refractivity contribution is 5.93. The molecule has 0 radical (unpaired) electrons. The fourth-order valence-corrected chi connectivity index (χ4v) is 1.05. The third-order valence-corrected chi connectivity index (χ3v) is 1.83. The van der Waals surface area contributed by atoms with Gasteiger partial charge < -0.3 is 10.3 Å². The van der Waals surface area contributed by atoms with Crippen LogP contribution in [0.3, 0.4) is 0 Å². The molecule has 0 fully saturated rings. The van der Waals surface area contributed by atoms with Crippen molar-refractivity contribution in [3.8, 4) is 12.3 Å². The van der Waals surface area contributed by atoms with Crippen molar-refractivity contribution in [2.45, 2.75) is 12.8 Å². The molecule has 0 aliphatic heterocycles. The minimum atomic E-state index is -0.223. The van der Waals surface area contributed by atoms with Gasteiger partial charge in [-0.05, 0) is 12.5 Å². The van der Waals surface area contributed by atoms with E-state index in [-0.39, 0.29) is 11.5 Å². The van der Waals surface area contributed by atoms with Crippen LogP contribution in [0.25, 0.3) is 0 Å². The second-order valence-electron chi connectivity index (χ2n) is 3.01. The maximum absolute atomic E-state index is 11.4. The van der Waals surface area contributed by atoms with Crippen LogP contribution in [-0.4, -0.2) is 17.4 Å². The Balaban J connectivity index is 2.44. The van der Waals surface area contributed by atoms with Crippen LogP contribution in [-0.2, 0) is 0 Å². The molecule has 0 atom stereocenters. The van der Waals surface area contributed by atoms with Crippen LogP contribution in [0.4, 0.5) is 0 Å². The van der Waals surface area contributed by atoms with Crippen molar-refractivity contribution in [2.24, 2.45) is 0 Å². The molecule has 0 aliphatic rings. The number of aromatic amines is 1. The van der Waals surface area contributed by atoms with Gasteiger partial charge in [0.1, 0.15) is 0 Å². The van der Waals surface area contributed by atoms with Gasteiger partial charge in [0.2, 0.25) is 5.56 Å². The molecule has 0 bridgehead atoms. The Labute approximate surface area is 87.7 Å². The number of pyridine rings is 1. The first kappa shape index (κ1) is 11.1. The lowest BCUT2D eigenvalue weighted by molar-refractivity contribution is 0.0953. The maximum Gasteiger partial charge on any atom is 0.252 e. The van der Waals surface area contributed by atoms with Gasteiger partial charge in [-0.25, -0.2) is 0 Å². The molecule has 1 rings (SSSR count). The Morgan fingerprint density at radius 1 is 1.53 bits per heavy atom. The molecule has 0 saturated heterocycles. The zero-order valence-corrected chi connectivity index (χ0v) is 8.25. The standard InChI is InChI=1S/C11H12N2O2/c1-2-3-4-7-12-11(15)9-5-6-10(14)13-8-9/h1,5-6,8H,3-4,7H2,(H,12,15)(H,13,14). The van der Waals surface area contributed by atoms with Gasteiger partial charge in [-0.3, -0.25) is 9.59 Å². The molecule has 0 unspecified atom stereocenters. The van der Waals surface area contributed by atoms with Crippen molar-refractivity contribution in [3.05, 3.63) is 34.2 Å². The van der Waals surface area contributed by atoms with Crippen molar-refractivity contribution < 1.29 is 4.79 Å². The van der Waals surface area contributed by atoms with E-state index < -0.39 is 0 Å². The van der Waals surface area contributed by atoms with Gasteiger partial charge in [0, 0.05) is 25.2 Å². The monoisotopic (exact) mass is 204 g/mol. The molecule has 78 valence electrons. The van der Waals surface area contributed by atoms with Crippen LogP contribution in [0.2, 0.25) is 0 Å². The van der Waals surface area contributed by atoms with Crippen LogP contribution >= 0.6 is 0 Å². The van der Waals surface area contributed by atoms with Crippen LogP contribution in [0.5, 0.6) is 0 Å². The molecule has 0 saturated carbocycles. The number of terminal acetylenes is 1. The van der Waals surface area contributed by atoms with Gasteiger partial charge in [0.05, 0.1) is 5.56 Å². The number of carbonyl (C=O) groups excluding carboxylic acids is 1. The van der Waals surface area contributed by atoms with E-state index in [9.17, 15) is 9.59 Å². The van der Waals surface area contributed by atoms with Gasteiger partial charge in [-0.2, -0.15) is 0 Å².